The van der Waals surface area contributed by atoms with E-state index in [0.29, 0.717) is 41.3 Å². The fraction of sp³-hybridized carbons (Fsp3) is 0.333. The fourth-order valence-electron chi connectivity index (χ4n) is 5.11. The summed E-state index contributed by atoms with van der Waals surface area (Å²) in [7, 11) is 3.98. The van der Waals surface area contributed by atoms with Crippen LogP contribution in [0.3, 0.4) is 0 Å². The van der Waals surface area contributed by atoms with Crippen molar-refractivity contribution in [2.75, 3.05) is 51.8 Å². The molecule has 2 atom stereocenters. The molecule has 3 aromatic carbocycles. The zero-order chi connectivity index (χ0) is 27.5. The number of rotatable bonds is 6. The van der Waals surface area contributed by atoms with Crippen molar-refractivity contribution in [2.45, 2.75) is 19.0 Å². The second kappa shape index (κ2) is 11.9. The minimum atomic E-state index is -0.385. The van der Waals surface area contributed by atoms with Crippen molar-refractivity contribution in [1.82, 2.24) is 15.1 Å². The average molecular weight is 567 g/mol. The van der Waals surface area contributed by atoms with Gasteiger partial charge in [0.2, 0.25) is 0 Å². The lowest BCUT2D eigenvalue weighted by atomic mass is 9.93. The second-order valence-electron chi connectivity index (χ2n) is 9.84. The maximum atomic E-state index is 14.4. The lowest BCUT2D eigenvalue weighted by Gasteiger charge is -2.36. The number of aliphatic imine (C=N–C) groups is 1. The van der Waals surface area contributed by atoms with Crippen LogP contribution in [-0.4, -0.2) is 68.5 Å². The summed E-state index contributed by atoms with van der Waals surface area (Å²) in [4.78, 5) is 25.4. The van der Waals surface area contributed by atoms with Crippen LogP contribution in [0.2, 0.25) is 10.0 Å². The van der Waals surface area contributed by atoms with Crippen LogP contribution in [-0.2, 0) is 0 Å². The Hall–Kier alpha value is -3.26. The highest BCUT2D eigenvalue weighted by atomic mass is 35.5. The van der Waals surface area contributed by atoms with Crippen LogP contribution in [0.4, 0.5) is 10.5 Å². The number of urea groups is 1. The molecule has 204 valence electrons. The van der Waals surface area contributed by atoms with Gasteiger partial charge in [-0.25, -0.2) is 4.79 Å². The first kappa shape index (κ1) is 27.3. The van der Waals surface area contributed by atoms with E-state index in [-0.39, 0.29) is 18.1 Å². The number of ether oxygens (including phenoxy) is 1. The molecule has 5 rings (SSSR count). The van der Waals surface area contributed by atoms with Crippen molar-refractivity contribution in [3.63, 3.8) is 0 Å². The molecule has 0 saturated carbocycles. The quantitative estimate of drug-likeness (QED) is 0.396. The topological polar surface area (TPSA) is 60.4 Å². The monoisotopic (exact) mass is 565 g/mol. The zero-order valence-electron chi connectivity index (χ0n) is 22.4. The molecule has 2 aliphatic heterocycles. The van der Waals surface area contributed by atoms with Gasteiger partial charge in [-0.15, -0.1) is 0 Å². The molecule has 2 unspecified atom stereocenters. The van der Waals surface area contributed by atoms with Crippen LogP contribution >= 0.6 is 23.2 Å². The van der Waals surface area contributed by atoms with Gasteiger partial charge in [-0.3, -0.25) is 9.89 Å². The van der Waals surface area contributed by atoms with E-state index in [1.807, 2.05) is 102 Å². The van der Waals surface area contributed by atoms with Crippen molar-refractivity contribution in [1.29, 1.82) is 0 Å². The number of carbonyl (C=O) groups is 1. The molecule has 0 radical (unpaired) electrons. The summed E-state index contributed by atoms with van der Waals surface area (Å²) < 4.78 is 6.12. The Morgan fingerprint density at radius 3 is 2.18 bits per heavy atom. The van der Waals surface area contributed by atoms with Crippen LogP contribution in [0.1, 0.15) is 35.7 Å². The van der Waals surface area contributed by atoms with Crippen LogP contribution in [0.25, 0.3) is 0 Å². The van der Waals surface area contributed by atoms with Crippen molar-refractivity contribution in [3.8, 4) is 5.75 Å². The lowest BCUT2D eigenvalue weighted by Crippen LogP contribution is -2.53. The lowest BCUT2D eigenvalue weighted by molar-refractivity contribution is 0.157. The number of piperazine rings is 1. The highest BCUT2D eigenvalue weighted by Crippen LogP contribution is 2.45. The molecule has 1 saturated heterocycles. The Balaban J connectivity index is 1.70. The van der Waals surface area contributed by atoms with Crippen molar-refractivity contribution < 1.29 is 9.53 Å². The van der Waals surface area contributed by atoms with E-state index < -0.39 is 0 Å². The van der Waals surface area contributed by atoms with E-state index in [1.54, 1.807) is 0 Å². The molecule has 0 spiro atoms. The molecule has 2 aliphatic rings. The third-order valence-corrected chi connectivity index (χ3v) is 7.61. The molecule has 1 fully saturated rings. The van der Waals surface area contributed by atoms with Crippen molar-refractivity contribution >= 4 is 40.8 Å². The first-order valence-corrected chi connectivity index (χ1v) is 13.9. The first-order chi connectivity index (χ1) is 18.9. The van der Waals surface area contributed by atoms with Gasteiger partial charge in [0.25, 0.3) is 0 Å². The summed E-state index contributed by atoms with van der Waals surface area (Å²) in [5.74, 6) is 1.28. The Morgan fingerprint density at radius 1 is 0.974 bits per heavy atom. The first-order valence-electron chi connectivity index (χ1n) is 13.2. The molecule has 3 aromatic rings. The van der Waals surface area contributed by atoms with Gasteiger partial charge in [0.15, 0.2) is 0 Å². The summed E-state index contributed by atoms with van der Waals surface area (Å²) in [5, 5.41) is 4.63. The number of amidine groups is 1. The van der Waals surface area contributed by atoms with E-state index >= 15 is 0 Å². The molecular formula is C30H33Cl2N5O2. The summed E-state index contributed by atoms with van der Waals surface area (Å²) in [6, 6.07) is 20.6. The third kappa shape index (κ3) is 5.71. The summed E-state index contributed by atoms with van der Waals surface area (Å²) in [6.45, 7) is 5.20. The fourth-order valence-corrected chi connectivity index (χ4v) is 5.36. The number of nitrogens with one attached hydrogen (secondary N) is 1. The van der Waals surface area contributed by atoms with Gasteiger partial charge in [-0.1, -0.05) is 47.5 Å². The van der Waals surface area contributed by atoms with E-state index in [1.165, 1.54) is 0 Å². The average Bonchev–Trinajstić information content (AvgIpc) is 3.34. The van der Waals surface area contributed by atoms with Gasteiger partial charge in [-0.2, -0.15) is 0 Å². The third-order valence-electron chi connectivity index (χ3n) is 7.11. The van der Waals surface area contributed by atoms with Gasteiger partial charge in [0.1, 0.15) is 17.6 Å². The predicted molar refractivity (Wildman–Crippen MR) is 159 cm³/mol. The standard InChI is InChI=1S/C30H33Cl2N5O2/c1-4-39-26-19-24(35(2)3)13-14-25(26)29-34-27(20-5-9-22(31)10-6-20)28(21-7-11-23(32)12-8-21)37(29)30(38)36-17-15-33-16-18-36/h5-14,19,27-28,33H,4,15-18H2,1-3H3. The molecular weight excluding hydrogens is 533 g/mol. The maximum absolute atomic E-state index is 14.4. The number of anilines is 1. The highest BCUT2D eigenvalue weighted by Gasteiger charge is 2.44. The molecule has 2 amide bonds. The minimum absolute atomic E-state index is 0.0780. The van der Waals surface area contributed by atoms with E-state index in [0.717, 1.165) is 35.5 Å². The zero-order valence-corrected chi connectivity index (χ0v) is 23.9. The van der Waals surface area contributed by atoms with Crippen LogP contribution in [0.5, 0.6) is 5.75 Å². The SMILES string of the molecule is CCOc1cc(N(C)C)ccc1C1=NC(c2ccc(Cl)cc2)C(c2ccc(Cl)cc2)N1C(=O)N1CCNCC1. The largest absolute Gasteiger partial charge is 0.493 e. The Bertz CT molecular complexity index is 1340. The Morgan fingerprint density at radius 2 is 1.59 bits per heavy atom. The molecule has 2 heterocycles. The van der Waals surface area contributed by atoms with Crippen LogP contribution < -0.4 is 15.0 Å². The Labute approximate surface area is 240 Å². The van der Waals surface area contributed by atoms with Crippen molar-refractivity contribution in [2.24, 2.45) is 4.99 Å². The number of carbonyl (C=O) groups excluding carboxylic acids is 1. The molecule has 1 N–H and O–H groups in total. The smallest absolute Gasteiger partial charge is 0.326 e. The molecule has 0 bridgehead atoms. The normalized spacial score (nSPS) is 19.2. The van der Waals surface area contributed by atoms with Gasteiger partial charge in [0.05, 0.1) is 18.2 Å². The van der Waals surface area contributed by atoms with Gasteiger partial charge >= 0.3 is 6.03 Å². The highest BCUT2D eigenvalue weighted by molar-refractivity contribution is 6.30. The molecule has 0 aliphatic carbocycles. The van der Waals surface area contributed by atoms with E-state index in [9.17, 15) is 4.79 Å². The number of hydrogen-bond donors (Lipinski definition) is 1. The van der Waals surface area contributed by atoms with Crippen molar-refractivity contribution in [3.05, 3.63) is 93.5 Å². The molecule has 9 heteroatoms. The van der Waals surface area contributed by atoms with Crippen LogP contribution in [0, 0.1) is 0 Å². The van der Waals surface area contributed by atoms with Gasteiger partial charge < -0.3 is 19.9 Å². The number of amides is 2. The van der Waals surface area contributed by atoms with Gasteiger partial charge in [0, 0.05) is 62.1 Å². The minimum Gasteiger partial charge on any atom is -0.493 e. The second-order valence-corrected chi connectivity index (χ2v) is 10.7. The summed E-state index contributed by atoms with van der Waals surface area (Å²) in [5.41, 5.74) is 3.70. The predicted octanol–water partition coefficient (Wildman–Crippen LogP) is 6.03. The summed E-state index contributed by atoms with van der Waals surface area (Å²) >= 11 is 12.5. The molecule has 39 heavy (non-hydrogen) atoms. The number of benzene rings is 3. The summed E-state index contributed by atoms with van der Waals surface area (Å²) in [6.07, 6.45) is 0. The number of halogens is 2. The van der Waals surface area contributed by atoms with Crippen LogP contribution in [0.15, 0.2) is 71.7 Å². The van der Waals surface area contributed by atoms with E-state index in [4.69, 9.17) is 32.9 Å². The molecule has 7 nitrogen and oxygen atoms in total. The number of nitrogens with zero attached hydrogens (tertiary/aromatic N) is 4. The van der Waals surface area contributed by atoms with E-state index in [2.05, 4.69) is 5.32 Å². The Kier molecular flexibility index (Phi) is 8.31. The maximum Gasteiger partial charge on any atom is 0.326 e. The molecule has 0 aromatic heterocycles. The number of hydrogen-bond acceptors (Lipinski definition) is 5. The van der Waals surface area contributed by atoms with Gasteiger partial charge in [-0.05, 0) is 54.4 Å².